The molecule has 3 rings (SSSR count). The summed E-state index contributed by atoms with van der Waals surface area (Å²) in [7, 11) is -2.26. The van der Waals surface area contributed by atoms with Crippen LogP contribution in [0.2, 0.25) is 0 Å². The van der Waals surface area contributed by atoms with E-state index in [1.807, 2.05) is 19.1 Å². The summed E-state index contributed by atoms with van der Waals surface area (Å²) in [4.78, 5) is 12.6. The Morgan fingerprint density at radius 2 is 1.81 bits per heavy atom. The molecule has 0 unspecified atom stereocenters. The molecule has 0 aliphatic heterocycles. The van der Waals surface area contributed by atoms with Crippen molar-refractivity contribution in [2.24, 2.45) is 0 Å². The summed E-state index contributed by atoms with van der Waals surface area (Å²) >= 11 is 0. The molecule has 1 N–H and O–H groups in total. The molecule has 0 spiro atoms. The number of carbonyl (C=O) groups excluding carboxylic acids is 1. The van der Waals surface area contributed by atoms with Crippen molar-refractivity contribution < 1.29 is 17.9 Å². The van der Waals surface area contributed by atoms with Gasteiger partial charge in [-0.25, -0.2) is 8.42 Å². The minimum atomic E-state index is -3.77. The van der Waals surface area contributed by atoms with Crippen molar-refractivity contribution in [1.82, 2.24) is 5.32 Å². The molecule has 0 saturated heterocycles. The molecule has 2 aromatic rings. The zero-order valence-electron chi connectivity index (χ0n) is 18.3. The monoisotopic (exact) mass is 444 g/mol. The molecule has 6 nitrogen and oxygen atoms in total. The smallest absolute Gasteiger partial charge is 0.264 e. The predicted molar refractivity (Wildman–Crippen MR) is 123 cm³/mol. The Morgan fingerprint density at radius 3 is 2.52 bits per heavy atom. The lowest BCUT2D eigenvalue weighted by Crippen LogP contribution is -2.28. The molecule has 0 heterocycles. The zero-order valence-corrected chi connectivity index (χ0v) is 19.2. The number of amides is 1. The summed E-state index contributed by atoms with van der Waals surface area (Å²) in [5, 5.41) is 2.86. The number of rotatable bonds is 9. The lowest BCUT2D eigenvalue weighted by Gasteiger charge is -2.22. The van der Waals surface area contributed by atoms with E-state index in [1.54, 1.807) is 24.3 Å². The van der Waals surface area contributed by atoms with Gasteiger partial charge >= 0.3 is 0 Å². The van der Waals surface area contributed by atoms with Crippen molar-refractivity contribution in [2.45, 2.75) is 56.4 Å². The topological polar surface area (TPSA) is 75.7 Å². The molecule has 1 aliphatic carbocycles. The first-order valence-corrected chi connectivity index (χ1v) is 12.4. The second-order valence-electron chi connectivity index (χ2n) is 8.08. The largest absolute Gasteiger partial charge is 0.378 e. The van der Waals surface area contributed by atoms with Crippen molar-refractivity contribution in [3.05, 3.63) is 59.7 Å². The van der Waals surface area contributed by atoms with Crippen LogP contribution in [-0.2, 0) is 14.8 Å². The molecular formula is C24H32N2O4S. The highest BCUT2D eigenvalue weighted by atomic mass is 32.2. The van der Waals surface area contributed by atoms with Gasteiger partial charge in [0.15, 0.2) is 0 Å². The summed E-state index contributed by atoms with van der Waals surface area (Å²) in [6, 6.07) is 13.4. The molecule has 1 amide bonds. The molecule has 168 valence electrons. The number of hydrogen-bond donors (Lipinski definition) is 1. The van der Waals surface area contributed by atoms with Crippen LogP contribution >= 0.6 is 0 Å². The van der Waals surface area contributed by atoms with Crippen LogP contribution in [0.4, 0.5) is 5.69 Å². The Labute approximate surface area is 185 Å². The summed E-state index contributed by atoms with van der Waals surface area (Å²) < 4.78 is 33.1. The first-order valence-electron chi connectivity index (χ1n) is 10.9. The van der Waals surface area contributed by atoms with E-state index >= 15 is 0 Å². The highest BCUT2D eigenvalue weighted by molar-refractivity contribution is 7.92. The van der Waals surface area contributed by atoms with Crippen molar-refractivity contribution >= 4 is 21.6 Å². The van der Waals surface area contributed by atoms with Crippen LogP contribution in [0, 0.1) is 6.92 Å². The van der Waals surface area contributed by atoms with Gasteiger partial charge in [-0.15, -0.1) is 0 Å². The molecular weight excluding hydrogens is 412 g/mol. The number of ether oxygens (including phenoxy) is 1. The third kappa shape index (κ3) is 6.31. The Morgan fingerprint density at radius 1 is 1.10 bits per heavy atom. The Bertz CT molecular complexity index is 967. The molecule has 1 saturated carbocycles. The fourth-order valence-corrected chi connectivity index (χ4v) is 4.95. The molecule has 7 heteroatoms. The fraction of sp³-hybridized carbons (Fsp3) is 0.458. The second kappa shape index (κ2) is 10.8. The molecule has 0 atom stereocenters. The molecule has 31 heavy (non-hydrogen) atoms. The molecule has 0 aromatic heterocycles. The van der Waals surface area contributed by atoms with Crippen LogP contribution in [-0.4, -0.2) is 40.6 Å². The molecule has 0 bridgehead atoms. The third-order valence-electron chi connectivity index (χ3n) is 5.66. The van der Waals surface area contributed by atoms with E-state index in [2.05, 4.69) is 5.32 Å². The van der Waals surface area contributed by atoms with Crippen LogP contribution in [0.15, 0.2) is 53.4 Å². The first-order chi connectivity index (χ1) is 14.9. The van der Waals surface area contributed by atoms with E-state index in [4.69, 9.17) is 4.74 Å². The predicted octanol–water partition coefficient (Wildman–Crippen LogP) is 4.29. The SMILES string of the molecule is Cc1ccc(N(C)S(=O)(=O)c2cccc(C(=O)NCCCOC3CCCCC3)c2)cc1. The van der Waals surface area contributed by atoms with E-state index in [1.165, 1.54) is 42.7 Å². The number of nitrogens with zero attached hydrogens (tertiary/aromatic N) is 1. The Hall–Kier alpha value is -2.38. The van der Waals surface area contributed by atoms with E-state index < -0.39 is 10.0 Å². The van der Waals surface area contributed by atoms with Gasteiger partial charge in [-0.3, -0.25) is 9.10 Å². The normalized spacial score (nSPS) is 14.9. The van der Waals surface area contributed by atoms with Crippen molar-refractivity contribution in [2.75, 3.05) is 24.5 Å². The maximum absolute atomic E-state index is 13.0. The van der Waals surface area contributed by atoms with Crippen LogP contribution in [0.1, 0.15) is 54.4 Å². The van der Waals surface area contributed by atoms with E-state index in [0.29, 0.717) is 30.5 Å². The standard InChI is InChI=1S/C24H32N2O4S/c1-19-12-14-21(15-13-19)26(2)31(28,29)23-11-6-8-20(18-23)24(27)25-16-7-17-30-22-9-4-3-5-10-22/h6,8,11-15,18,22H,3-5,7,9-10,16-17H2,1-2H3,(H,25,27). The van der Waals surface area contributed by atoms with E-state index in [-0.39, 0.29) is 10.8 Å². The van der Waals surface area contributed by atoms with Gasteiger partial charge in [-0.1, -0.05) is 43.0 Å². The van der Waals surface area contributed by atoms with Gasteiger partial charge in [0.2, 0.25) is 0 Å². The van der Waals surface area contributed by atoms with Gasteiger partial charge in [-0.2, -0.15) is 0 Å². The maximum Gasteiger partial charge on any atom is 0.264 e. The van der Waals surface area contributed by atoms with Crippen molar-refractivity contribution in [3.8, 4) is 0 Å². The Kier molecular flexibility index (Phi) is 8.09. The van der Waals surface area contributed by atoms with Crippen molar-refractivity contribution in [1.29, 1.82) is 0 Å². The Balaban J connectivity index is 1.55. The molecule has 1 fully saturated rings. The van der Waals surface area contributed by atoms with Crippen LogP contribution in [0.5, 0.6) is 0 Å². The lowest BCUT2D eigenvalue weighted by atomic mass is 9.98. The van der Waals surface area contributed by atoms with Gasteiger partial charge in [0.05, 0.1) is 16.7 Å². The molecule has 2 aromatic carbocycles. The van der Waals surface area contributed by atoms with E-state index in [0.717, 1.165) is 24.8 Å². The fourth-order valence-electron chi connectivity index (χ4n) is 3.71. The van der Waals surface area contributed by atoms with Gasteiger partial charge in [0.25, 0.3) is 15.9 Å². The highest BCUT2D eigenvalue weighted by Gasteiger charge is 2.22. The number of aryl methyl sites for hydroxylation is 1. The average molecular weight is 445 g/mol. The maximum atomic E-state index is 13.0. The number of hydrogen-bond acceptors (Lipinski definition) is 4. The summed E-state index contributed by atoms with van der Waals surface area (Å²) in [5.74, 6) is -0.285. The minimum Gasteiger partial charge on any atom is -0.378 e. The first kappa shape index (κ1) is 23.3. The number of nitrogens with one attached hydrogen (secondary N) is 1. The third-order valence-corrected chi connectivity index (χ3v) is 7.45. The number of anilines is 1. The molecule has 0 radical (unpaired) electrons. The summed E-state index contributed by atoms with van der Waals surface area (Å²) in [6.45, 7) is 3.06. The van der Waals surface area contributed by atoms with E-state index in [9.17, 15) is 13.2 Å². The number of benzene rings is 2. The zero-order chi connectivity index (χ0) is 22.3. The summed E-state index contributed by atoms with van der Waals surface area (Å²) in [5.41, 5.74) is 1.95. The van der Waals surface area contributed by atoms with Gasteiger partial charge in [0, 0.05) is 25.8 Å². The number of carbonyl (C=O) groups is 1. The van der Waals surface area contributed by atoms with Crippen LogP contribution < -0.4 is 9.62 Å². The summed E-state index contributed by atoms with van der Waals surface area (Å²) in [6.07, 6.45) is 7.12. The quantitative estimate of drug-likeness (QED) is 0.586. The lowest BCUT2D eigenvalue weighted by molar-refractivity contribution is 0.0273. The van der Waals surface area contributed by atoms with Gasteiger partial charge in [0.1, 0.15) is 0 Å². The van der Waals surface area contributed by atoms with Gasteiger partial charge in [-0.05, 0) is 56.5 Å². The molecule has 1 aliphatic rings. The second-order valence-corrected chi connectivity index (χ2v) is 10.0. The van der Waals surface area contributed by atoms with Crippen molar-refractivity contribution in [3.63, 3.8) is 0 Å². The highest BCUT2D eigenvalue weighted by Crippen LogP contribution is 2.23. The minimum absolute atomic E-state index is 0.0869. The average Bonchev–Trinajstić information content (AvgIpc) is 2.79. The van der Waals surface area contributed by atoms with Crippen LogP contribution in [0.3, 0.4) is 0 Å². The number of sulfonamides is 1. The van der Waals surface area contributed by atoms with Gasteiger partial charge < -0.3 is 10.1 Å². The van der Waals surface area contributed by atoms with Crippen LogP contribution in [0.25, 0.3) is 0 Å².